The molecule has 0 bridgehead atoms. The first-order valence-corrected chi connectivity index (χ1v) is 5.68. The molecule has 2 aromatic heterocycles. The van der Waals surface area contributed by atoms with Crippen molar-refractivity contribution in [1.29, 1.82) is 0 Å². The van der Waals surface area contributed by atoms with Crippen molar-refractivity contribution in [3.05, 3.63) is 24.2 Å². The Morgan fingerprint density at radius 1 is 1.31 bits per heavy atom. The summed E-state index contributed by atoms with van der Waals surface area (Å²) >= 11 is 0. The van der Waals surface area contributed by atoms with Crippen LogP contribution in [0.1, 0.15) is 31.1 Å². The number of nitrogen functional groups attached to an aromatic ring is 1. The molecule has 2 aromatic rings. The van der Waals surface area contributed by atoms with Crippen LogP contribution < -0.4 is 11.1 Å². The molecule has 0 spiro atoms. The number of pyridine rings is 1. The summed E-state index contributed by atoms with van der Waals surface area (Å²) in [5.41, 5.74) is 7.38. The summed E-state index contributed by atoms with van der Waals surface area (Å²) < 4.78 is 1.98. The largest absolute Gasteiger partial charge is 0.398 e. The average Bonchev–Trinajstić information content (AvgIpc) is 2.73. The van der Waals surface area contributed by atoms with Crippen molar-refractivity contribution in [2.24, 2.45) is 0 Å². The predicted octanol–water partition coefficient (Wildman–Crippen LogP) is 1.13. The van der Waals surface area contributed by atoms with E-state index in [9.17, 15) is 0 Å². The second-order valence-electron chi connectivity index (χ2n) is 4.25. The first kappa shape index (κ1) is 9.59. The minimum Gasteiger partial charge on any atom is -0.398 e. The third kappa shape index (κ3) is 1.53. The molecule has 1 fully saturated rings. The molecule has 5 heteroatoms. The van der Waals surface area contributed by atoms with Gasteiger partial charge in [0.1, 0.15) is 0 Å². The van der Waals surface area contributed by atoms with Crippen LogP contribution in [-0.2, 0) is 0 Å². The van der Waals surface area contributed by atoms with Gasteiger partial charge < -0.3 is 11.1 Å². The summed E-state index contributed by atoms with van der Waals surface area (Å²) in [5.74, 6) is 0.974. The molecule has 3 rings (SSSR count). The number of hydrogen-bond donors (Lipinski definition) is 2. The SMILES string of the molecule is Nc1ccc2nnc(C3CCCCN3)n2c1. The van der Waals surface area contributed by atoms with Gasteiger partial charge in [-0.2, -0.15) is 0 Å². The molecular formula is C11H15N5. The van der Waals surface area contributed by atoms with Crippen LogP contribution >= 0.6 is 0 Å². The van der Waals surface area contributed by atoms with Crippen molar-refractivity contribution >= 4 is 11.3 Å². The van der Waals surface area contributed by atoms with Crippen molar-refractivity contribution in [1.82, 2.24) is 19.9 Å². The smallest absolute Gasteiger partial charge is 0.160 e. The van der Waals surface area contributed by atoms with Gasteiger partial charge in [0.2, 0.25) is 0 Å². The molecule has 16 heavy (non-hydrogen) atoms. The highest BCUT2D eigenvalue weighted by Crippen LogP contribution is 2.22. The number of hydrogen-bond acceptors (Lipinski definition) is 4. The lowest BCUT2D eigenvalue weighted by atomic mass is 10.0. The molecule has 5 nitrogen and oxygen atoms in total. The van der Waals surface area contributed by atoms with Crippen LogP contribution in [0.25, 0.3) is 5.65 Å². The Labute approximate surface area is 93.7 Å². The van der Waals surface area contributed by atoms with E-state index in [1.54, 1.807) is 0 Å². The maximum absolute atomic E-state index is 5.78. The van der Waals surface area contributed by atoms with Gasteiger partial charge in [0.25, 0.3) is 0 Å². The third-order valence-corrected chi connectivity index (χ3v) is 3.07. The quantitative estimate of drug-likeness (QED) is 0.751. The standard InChI is InChI=1S/C11H15N5/c12-8-4-5-10-14-15-11(16(10)7-8)9-3-1-2-6-13-9/h4-5,7,9,13H,1-3,6,12H2. The minimum atomic E-state index is 0.311. The Morgan fingerprint density at radius 3 is 3.06 bits per heavy atom. The zero-order valence-corrected chi connectivity index (χ0v) is 9.06. The van der Waals surface area contributed by atoms with Crippen LogP contribution in [0.5, 0.6) is 0 Å². The van der Waals surface area contributed by atoms with E-state index in [4.69, 9.17) is 5.73 Å². The van der Waals surface area contributed by atoms with Gasteiger partial charge >= 0.3 is 0 Å². The first-order valence-electron chi connectivity index (χ1n) is 5.68. The Bertz CT molecular complexity index is 498. The molecule has 1 aliphatic rings. The first-order chi connectivity index (χ1) is 7.84. The van der Waals surface area contributed by atoms with Gasteiger partial charge in [0.05, 0.1) is 6.04 Å². The molecule has 1 atom stereocenters. The summed E-state index contributed by atoms with van der Waals surface area (Å²) in [6.45, 7) is 1.06. The maximum atomic E-state index is 5.78. The lowest BCUT2D eigenvalue weighted by Crippen LogP contribution is -2.28. The highest BCUT2D eigenvalue weighted by atomic mass is 15.3. The number of rotatable bonds is 1. The Hall–Kier alpha value is -1.62. The van der Waals surface area contributed by atoms with Crippen molar-refractivity contribution < 1.29 is 0 Å². The Balaban J connectivity index is 2.05. The van der Waals surface area contributed by atoms with Gasteiger partial charge in [-0.05, 0) is 31.5 Å². The van der Waals surface area contributed by atoms with Crippen LogP contribution in [0.3, 0.4) is 0 Å². The predicted molar refractivity (Wildman–Crippen MR) is 62.0 cm³/mol. The zero-order valence-electron chi connectivity index (χ0n) is 9.06. The second kappa shape index (κ2) is 3.75. The average molecular weight is 217 g/mol. The van der Waals surface area contributed by atoms with Crippen LogP contribution in [0.2, 0.25) is 0 Å². The van der Waals surface area contributed by atoms with Crippen LogP contribution in [0.15, 0.2) is 18.3 Å². The molecule has 3 N–H and O–H groups in total. The summed E-state index contributed by atoms with van der Waals surface area (Å²) in [7, 11) is 0. The second-order valence-corrected chi connectivity index (χ2v) is 4.25. The van der Waals surface area contributed by atoms with Gasteiger partial charge in [-0.3, -0.25) is 4.40 Å². The van der Waals surface area contributed by atoms with Crippen LogP contribution in [-0.4, -0.2) is 21.1 Å². The van der Waals surface area contributed by atoms with E-state index < -0.39 is 0 Å². The number of nitrogens with one attached hydrogen (secondary N) is 1. The zero-order chi connectivity index (χ0) is 11.0. The van der Waals surface area contributed by atoms with Gasteiger partial charge in [-0.25, -0.2) is 0 Å². The van der Waals surface area contributed by atoms with Crippen molar-refractivity contribution in [2.45, 2.75) is 25.3 Å². The van der Waals surface area contributed by atoms with Gasteiger partial charge in [-0.1, -0.05) is 6.42 Å². The van der Waals surface area contributed by atoms with E-state index in [1.807, 2.05) is 22.7 Å². The summed E-state index contributed by atoms with van der Waals surface area (Å²) in [5, 5.41) is 11.9. The van der Waals surface area contributed by atoms with Gasteiger partial charge in [0, 0.05) is 11.9 Å². The number of aromatic nitrogens is 3. The molecule has 1 unspecified atom stereocenters. The van der Waals surface area contributed by atoms with Crippen molar-refractivity contribution in [3.63, 3.8) is 0 Å². The highest BCUT2D eigenvalue weighted by molar-refractivity contribution is 5.47. The topological polar surface area (TPSA) is 68.2 Å². The molecule has 0 aromatic carbocycles. The summed E-state index contributed by atoms with van der Waals surface area (Å²) in [6, 6.07) is 4.06. The number of nitrogens with zero attached hydrogens (tertiary/aromatic N) is 3. The van der Waals surface area contributed by atoms with Crippen LogP contribution in [0, 0.1) is 0 Å². The molecular weight excluding hydrogens is 202 g/mol. The molecule has 0 radical (unpaired) electrons. The fourth-order valence-corrected chi connectivity index (χ4v) is 2.23. The summed E-state index contributed by atoms with van der Waals surface area (Å²) in [4.78, 5) is 0. The van der Waals surface area contributed by atoms with Crippen molar-refractivity contribution in [3.8, 4) is 0 Å². The normalized spacial score (nSPS) is 21.4. The van der Waals surface area contributed by atoms with Gasteiger partial charge in [-0.15, -0.1) is 10.2 Å². The minimum absolute atomic E-state index is 0.311. The molecule has 1 saturated heterocycles. The van der Waals surface area contributed by atoms with E-state index in [-0.39, 0.29) is 0 Å². The van der Waals surface area contributed by atoms with Crippen molar-refractivity contribution in [2.75, 3.05) is 12.3 Å². The maximum Gasteiger partial charge on any atom is 0.160 e. The lowest BCUT2D eigenvalue weighted by molar-refractivity contribution is 0.395. The van der Waals surface area contributed by atoms with E-state index in [0.717, 1.165) is 30.1 Å². The third-order valence-electron chi connectivity index (χ3n) is 3.07. The van der Waals surface area contributed by atoms with E-state index in [2.05, 4.69) is 15.5 Å². The number of piperidine rings is 1. The molecule has 0 aliphatic carbocycles. The van der Waals surface area contributed by atoms with Gasteiger partial charge in [0.15, 0.2) is 11.5 Å². The molecule has 3 heterocycles. The monoisotopic (exact) mass is 217 g/mol. The molecule has 84 valence electrons. The summed E-state index contributed by atoms with van der Waals surface area (Å²) in [6.07, 6.45) is 5.50. The molecule has 0 amide bonds. The fraction of sp³-hybridized carbons (Fsp3) is 0.455. The van der Waals surface area contributed by atoms with E-state index in [0.29, 0.717) is 6.04 Å². The lowest BCUT2D eigenvalue weighted by Gasteiger charge is -2.21. The Morgan fingerprint density at radius 2 is 2.25 bits per heavy atom. The Kier molecular flexibility index (Phi) is 2.25. The van der Waals surface area contributed by atoms with Crippen LogP contribution in [0.4, 0.5) is 5.69 Å². The molecule has 0 saturated carbocycles. The van der Waals surface area contributed by atoms with E-state index >= 15 is 0 Å². The number of nitrogens with two attached hydrogens (primary N) is 1. The fourth-order valence-electron chi connectivity index (χ4n) is 2.23. The number of anilines is 1. The van der Waals surface area contributed by atoms with E-state index in [1.165, 1.54) is 12.8 Å². The number of fused-ring (bicyclic) bond motifs is 1. The highest BCUT2D eigenvalue weighted by Gasteiger charge is 2.19. The molecule has 1 aliphatic heterocycles.